The van der Waals surface area contributed by atoms with Crippen molar-refractivity contribution in [2.45, 2.75) is 99.4 Å². The average Bonchev–Trinajstić information content (AvgIpc) is 3.91. The number of allylic oxidation sites excluding steroid dienone is 1. The zero-order valence-corrected chi connectivity index (χ0v) is 29.6. The predicted molar refractivity (Wildman–Crippen MR) is 183 cm³/mol. The molecular formula is C36H39F4N5O7S. The Kier molecular flexibility index (Phi) is 9.43. The third-order valence-electron chi connectivity index (χ3n) is 10.6. The van der Waals surface area contributed by atoms with Crippen molar-refractivity contribution in [3.8, 4) is 6.08 Å². The van der Waals surface area contributed by atoms with Gasteiger partial charge in [-0.05, 0) is 75.8 Å². The summed E-state index contributed by atoms with van der Waals surface area (Å²) in [5, 5.41) is 5.64. The molecule has 2 aliphatic heterocycles. The number of benzene rings is 2. The molecule has 1 saturated heterocycles. The van der Waals surface area contributed by atoms with E-state index >= 15 is 0 Å². The van der Waals surface area contributed by atoms with Gasteiger partial charge in [0.1, 0.15) is 35.1 Å². The number of hydrogen-bond donors (Lipinski definition) is 3. The molecule has 3 aromatic rings. The van der Waals surface area contributed by atoms with Crippen LogP contribution in [0.4, 0.5) is 23.2 Å². The van der Waals surface area contributed by atoms with Crippen LogP contribution in [-0.2, 0) is 30.6 Å². The fourth-order valence-corrected chi connectivity index (χ4v) is 8.34. The number of para-hydroxylation sites is 2. The summed E-state index contributed by atoms with van der Waals surface area (Å²) in [5.41, 5.74) is -2.27. The van der Waals surface area contributed by atoms with Crippen LogP contribution in [0.15, 0.2) is 59.0 Å². The summed E-state index contributed by atoms with van der Waals surface area (Å²) < 4.78 is 93.9. The lowest BCUT2D eigenvalue weighted by Gasteiger charge is -2.30. The van der Waals surface area contributed by atoms with Crippen LogP contribution in [0, 0.1) is 11.7 Å². The minimum absolute atomic E-state index is 0.0770. The SMILES string of the molecule is CC1(S(=O)(=O)NC(=O)[C@@]23C[C@H]2C=CCCCCC[C@H](Nc2ccc(F)c(C(F)(F)F)c2)C(=O)N2C[C@H](Oc4nc5ccccc5o4)C[C@H]2C(=O)N3)CC1. The molecule has 17 heteroatoms. The van der Waals surface area contributed by atoms with Gasteiger partial charge < -0.3 is 24.7 Å². The maximum atomic E-state index is 14.4. The molecule has 12 nitrogen and oxygen atoms in total. The van der Waals surface area contributed by atoms with Crippen molar-refractivity contribution in [3.63, 3.8) is 0 Å². The second kappa shape index (κ2) is 13.6. The fraction of sp³-hybridized carbons (Fsp3) is 0.500. The standard InChI is InChI=1S/C36H39F4N5O7S/c1-34(15-16-34)53(49,50)44-32(48)35-19-21(35)9-5-3-2-4-6-11-27(41-22-13-14-25(37)24(17-22)36(38,39)40)31(47)45-20-23(18-28(45)30(46)43-35)51-33-42-26-10-7-8-12-29(26)52-33/h5,7-10,12-14,17,21,23,27-28,41H,2-4,6,11,15-16,18-20H2,1H3,(H,43,46)(H,44,48)/t21-,23-,27+,28+,35-/m1/s1. The Labute approximate surface area is 302 Å². The van der Waals surface area contributed by atoms with Gasteiger partial charge in [-0.2, -0.15) is 18.2 Å². The first-order valence-electron chi connectivity index (χ1n) is 17.6. The van der Waals surface area contributed by atoms with E-state index in [0.717, 1.165) is 6.07 Å². The van der Waals surface area contributed by atoms with Crippen molar-refractivity contribution in [1.82, 2.24) is 19.9 Å². The smallest absolute Gasteiger partial charge is 0.419 e. The van der Waals surface area contributed by atoms with Crippen molar-refractivity contribution in [2.75, 3.05) is 11.9 Å². The first-order chi connectivity index (χ1) is 25.1. The minimum Gasteiger partial charge on any atom is -0.445 e. The van der Waals surface area contributed by atoms with E-state index in [1.165, 1.54) is 4.90 Å². The number of anilines is 1. The van der Waals surface area contributed by atoms with Crippen LogP contribution in [0.25, 0.3) is 11.1 Å². The molecule has 0 radical (unpaired) electrons. The summed E-state index contributed by atoms with van der Waals surface area (Å²) in [6, 6.07) is 6.93. The molecule has 0 bridgehead atoms. The maximum absolute atomic E-state index is 14.4. The summed E-state index contributed by atoms with van der Waals surface area (Å²) in [7, 11) is -4.04. The zero-order valence-electron chi connectivity index (χ0n) is 28.7. The third-order valence-corrected chi connectivity index (χ3v) is 12.8. The number of hydrogen-bond acceptors (Lipinski definition) is 9. The van der Waals surface area contributed by atoms with Crippen molar-refractivity contribution in [3.05, 3.63) is 66.0 Å². The van der Waals surface area contributed by atoms with Crippen LogP contribution in [0.2, 0.25) is 0 Å². The molecule has 2 aromatic carbocycles. The number of aromatic nitrogens is 1. The van der Waals surface area contributed by atoms with E-state index in [2.05, 4.69) is 20.3 Å². The van der Waals surface area contributed by atoms with Crippen LogP contribution in [0.1, 0.15) is 70.3 Å². The molecule has 2 saturated carbocycles. The quantitative estimate of drug-likeness (QED) is 0.217. The molecule has 0 spiro atoms. The highest BCUT2D eigenvalue weighted by Gasteiger charge is 2.63. The normalized spacial score (nSPS) is 27.5. The second-order valence-corrected chi connectivity index (χ2v) is 16.7. The number of carbonyl (C=O) groups excluding carboxylic acids is 3. The molecule has 53 heavy (non-hydrogen) atoms. The van der Waals surface area contributed by atoms with E-state index < -0.39 is 79.7 Å². The predicted octanol–water partition coefficient (Wildman–Crippen LogP) is 5.21. The summed E-state index contributed by atoms with van der Waals surface area (Å²) in [6.45, 7) is 1.39. The van der Waals surface area contributed by atoms with E-state index in [9.17, 15) is 40.4 Å². The first kappa shape index (κ1) is 36.7. The Hall–Kier alpha value is -4.67. The van der Waals surface area contributed by atoms with Gasteiger partial charge in [-0.3, -0.25) is 19.1 Å². The number of ether oxygens (including phenoxy) is 1. The molecule has 284 valence electrons. The van der Waals surface area contributed by atoms with Crippen LogP contribution >= 0.6 is 0 Å². The van der Waals surface area contributed by atoms with E-state index in [1.54, 1.807) is 37.3 Å². The van der Waals surface area contributed by atoms with Gasteiger partial charge in [-0.1, -0.05) is 37.1 Å². The lowest BCUT2D eigenvalue weighted by molar-refractivity contribution is -0.140. The van der Waals surface area contributed by atoms with Gasteiger partial charge in [0.05, 0.1) is 16.9 Å². The zero-order chi connectivity index (χ0) is 37.8. The summed E-state index contributed by atoms with van der Waals surface area (Å²) in [6.07, 6.45) is 1.17. The number of alkyl halides is 3. The molecule has 5 atom stereocenters. The summed E-state index contributed by atoms with van der Waals surface area (Å²) >= 11 is 0. The third kappa shape index (κ3) is 7.44. The van der Waals surface area contributed by atoms with E-state index in [-0.39, 0.29) is 37.6 Å². The largest absolute Gasteiger partial charge is 0.445 e. The van der Waals surface area contributed by atoms with Gasteiger partial charge in [0.25, 0.3) is 5.91 Å². The van der Waals surface area contributed by atoms with Crippen LogP contribution in [0.5, 0.6) is 6.08 Å². The van der Waals surface area contributed by atoms with Crippen LogP contribution < -0.4 is 20.1 Å². The lowest BCUT2D eigenvalue weighted by atomic mass is 10.0. The highest BCUT2D eigenvalue weighted by atomic mass is 32.2. The van der Waals surface area contributed by atoms with Crippen LogP contribution in [-0.4, -0.2) is 71.0 Å². The van der Waals surface area contributed by atoms with Crippen LogP contribution in [0.3, 0.4) is 0 Å². The van der Waals surface area contributed by atoms with Gasteiger partial charge >= 0.3 is 12.3 Å². The molecule has 3 fully saturated rings. The van der Waals surface area contributed by atoms with Gasteiger partial charge in [0.2, 0.25) is 21.8 Å². The maximum Gasteiger partial charge on any atom is 0.419 e. The van der Waals surface area contributed by atoms with E-state index in [0.29, 0.717) is 61.8 Å². The number of fused-ring (bicyclic) bond motifs is 3. The Bertz CT molecular complexity index is 2030. The number of nitrogens with zero attached hydrogens (tertiary/aromatic N) is 2. The summed E-state index contributed by atoms with van der Waals surface area (Å²) in [5.74, 6) is -4.21. The monoisotopic (exact) mass is 761 g/mol. The number of sulfonamides is 1. The van der Waals surface area contributed by atoms with Gasteiger partial charge in [0, 0.05) is 18.0 Å². The molecule has 4 aliphatic rings. The van der Waals surface area contributed by atoms with Crippen molar-refractivity contribution < 1.29 is 49.5 Å². The summed E-state index contributed by atoms with van der Waals surface area (Å²) in [4.78, 5) is 48.0. The number of carbonyl (C=O) groups is 3. The molecule has 1 aromatic heterocycles. The fourth-order valence-electron chi connectivity index (χ4n) is 7.02. The van der Waals surface area contributed by atoms with Gasteiger partial charge in [-0.15, -0.1) is 0 Å². The van der Waals surface area contributed by atoms with Crippen molar-refractivity contribution in [2.24, 2.45) is 5.92 Å². The first-order valence-corrected chi connectivity index (χ1v) is 19.1. The Morgan fingerprint density at radius 3 is 2.62 bits per heavy atom. The highest BCUT2D eigenvalue weighted by Crippen LogP contribution is 2.47. The number of amides is 3. The molecule has 3 amide bonds. The van der Waals surface area contributed by atoms with Gasteiger partial charge in [-0.25, -0.2) is 12.8 Å². The Balaban J connectivity index is 1.20. The molecule has 3 N–H and O–H groups in total. The lowest BCUT2D eigenvalue weighted by Crippen LogP contribution is -2.58. The molecule has 3 heterocycles. The Morgan fingerprint density at radius 2 is 1.89 bits per heavy atom. The van der Waals surface area contributed by atoms with Crippen molar-refractivity contribution in [1.29, 1.82) is 0 Å². The molecule has 2 aliphatic carbocycles. The number of oxazole rings is 1. The molecule has 0 unspecified atom stereocenters. The van der Waals surface area contributed by atoms with Crippen molar-refractivity contribution >= 4 is 44.5 Å². The average molecular weight is 762 g/mol. The second-order valence-electron chi connectivity index (χ2n) is 14.5. The van der Waals surface area contributed by atoms with E-state index in [4.69, 9.17) is 9.15 Å². The number of nitrogens with one attached hydrogen (secondary N) is 3. The number of rotatable bonds is 7. The molecular weight excluding hydrogens is 722 g/mol. The van der Waals surface area contributed by atoms with Gasteiger partial charge in [0.15, 0.2) is 5.58 Å². The van der Waals surface area contributed by atoms with E-state index in [1.807, 2.05) is 6.08 Å². The number of halogens is 4. The topological polar surface area (TPSA) is 160 Å². The minimum atomic E-state index is -4.98. The highest BCUT2D eigenvalue weighted by molar-refractivity contribution is 7.91. The molecule has 7 rings (SSSR count). The Morgan fingerprint density at radius 1 is 1.11 bits per heavy atom.